The van der Waals surface area contributed by atoms with Gasteiger partial charge in [-0.05, 0) is 38.0 Å². The van der Waals surface area contributed by atoms with Crippen molar-refractivity contribution in [1.82, 2.24) is 4.90 Å². The minimum absolute atomic E-state index is 0.347. The van der Waals surface area contributed by atoms with E-state index in [0.717, 1.165) is 11.3 Å². The third-order valence-electron chi connectivity index (χ3n) is 4.66. The van der Waals surface area contributed by atoms with E-state index in [1.807, 2.05) is 32.0 Å². The number of carbonyl (C=O) groups excluding carboxylic acids is 1. The first-order chi connectivity index (χ1) is 11.0. The van der Waals surface area contributed by atoms with E-state index in [9.17, 15) is 23.1 Å². The summed E-state index contributed by atoms with van der Waals surface area (Å²) in [4.78, 5) is 15.6. The van der Waals surface area contributed by atoms with Gasteiger partial charge in [0.25, 0.3) is 0 Å². The van der Waals surface area contributed by atoms with Crippen LogP contribution >= 0.6 is 0 Å². The van der Waals surface area contributed by atoms with E-state index < -0.39 is 24.1 Å². The molecule has 0 spiro atoms. The van der Waals surface area contributed by atoms with Crippen molar-refractivity contribution in [3.8, 4) is 0 Å². The van der Waals surface area contributed by atoms with Crippen LogP contribution in [0, 0.1) is 13.8 Å². The molecule has 1 amide bonds. The van der Waals surface area contributed by atoms with E-state index in [0.29, 0.717) is 33.1 Å². The minimum atomic E-state index is -4.82. The van der Waals surface area contributed by atoms with Gasteiger partial charge in [-0.3, -0.25) is 4.79 Å². The third kappa shape index (κ3) is 3.83. The zero-order chi connectivity index (χ0) is 18.1. The van der Waals surface area contributed by atoms with E-state index in [4.69, 9.17) is 0 Å². The topological polar surface area (TPSA) is 43.8 Å². The number of aliphatic hydroxyl groups is 1. The molecule has 0 radical (unpaired) electrons. The molecule has 1 saturated heterocycles. The zero-order valence-electron chi connectivity index (χ0n) is 14.2. The Morgan fingerprint density at radius 1 is 1.17 bits per heavy atom. The molecule has 1 aliphatic rings. The number of alkyl halides is 3. The van der Waals surface area contributed by atoms with Gasteiger partial charge in [0, 0.05) is 31.9 Å². The van der Waals surface area contributed by atoms with E-state index in [-0.39, 0.29) is 0 Å². The van der Waals surface area contributed by atoms with E-state index in [2.05, 4.69) is 4.90 Å². The number of hydrogen-bond acceptors (Lipinski definition) is 3. The van der Waals surface area contributed by atoms with Crippen LogP contribution in [0.15, 0.2) is 18.2 Å². The molecule has 1 aromatic carbocycles. The second kappa shape index (κ2) is 6.63. The summed E-state index contributed by atoms with van der Waals surface area (Å²) >= 11 is 0. The highest BCUT2D eigenvalue weighted by Crippen LogP contribution is 2.33. The fraction of sp³-hybridized carbons (Fsp3) is 0.588. The van der Waals surface area contributed by atoms with Crippen molar-refractivity contribution >= 4 is 11.6 Å². The van der Waals surface area contributed by atoms with E-state index in [1.54, 1.807) is 0 Å². The van der Waals surface area contributed by atoms with Gasteiger partial charge in [-0.15, -0.1) is 0 Å². The van der Waals surface area contributed by atoms with Crippen LogP contribution in [0.5, 0.6) is 0 Å². The standard InChI is InChI=1S/C17H23F3N2O2/c1-12-5-4-6-14(13(12)2)21-7-9-22(10-8-21)15(23)11-16(3,24)17(18,19)20/h4-6,24H,7-11H2,1-3H3/t16-/m1/s1. The number of aryl methyl sites for hydroxylation is 1. The number of benzene rings is 1. The molecule has 1 N–H and O–H groups in total. The van der Waals surface area contributed by atoms with Crippen molar-refractivity contribution in [3.05, 3.63) is 29.3 Å². The summed E-state index contributed by atoms with van der Waals surface area (Å²) in [5.41, 5.74) is 0.433. The maximum absolute atomic E-state index is 12.7. The lowest BCUT2D eigenvalue weighted by molar-refractivity contribution is -0.254. The molecule has 1 fully saturated rings. The van der Waals surface area contributed by atoms with Crippen molar-refractivity contribution in [2.45, 2.75) is 39.0 Å². The molecule has 4 nitrogen and oxygen atoms in total. The van der Waals surface area contributed by atoms with Crippen LogP contribution in [-0.4, -0.2) is 53.9 Å². The number of carbonyl (C=O) groups is 1. The summed E-state index contributed by atoms with van der Waals surface area (Å²) in [6, 6.07) is 6.00. The number of halogens is 3. The minimum Gasteiger partial charge on any atom is -0.380 e. The molecule has 0 saturated carbocycles. The Kier molecular flexibility index (Phi) is 5.13. The average Bonchev–Trinajstić information content (AvgIpc) is 2.48. The van der Waals surface area contributed by atoms with Crippen molar-refractivity contribution in [2.75, 3.05) is 31.1 Å². The van der Waals surface area contributed by atoms with Crippen molar-refractivity contribution in [2.24, 2.45) is 0 Å². The maximum atomic E-state index is 12.7. The molecule has 2 rings (SSSR count). The zero-order valence-corrected chi connectivity index (χ0v) is 14.2. The smallest absolute Gasteiger partial charge is 0.380 e. The van der Waals surface area contributed by atoms with Gasteiger partial charge in [0.2, 0.25) is 5.91 Å². The van der Waals surface area contributed by atoms with Gasteiger partial charge in [-0.25, -0.2) is 0 Å². The van der Waals surface area contributed by atoms with Gasteiger partial charge in [0.05, 0.1) is 6.42 Å². The van der Waals surface area contributed by atoms with Crippen LogP contribution in [0.2, 0.25) is 0 Å². The second-order valence-electron chi connectivity index (χ2n) is 6.54. The van der Waals surface area contributed by atoms with E-state index >= 15 is 0 Å². The van der Waals surface area contributed by atoms with Crippen molar-refractivity contribution in [3.63, 3.8) is 0 Å². The van der Waals surface area contributed by atoms with Gasteiger partial charge in [0.15, 0.2) is 5.60 Å². The molecule has 134 valence electrons. The summed E-state index contributed by atoms with van der Waals surface area (Å²) in [7, 11) is 0. The number of rotatable bonds is 3. The van der Waals surface area contributed by atoms with Gasteiger partial charge in [-0.1, -0.05) is 12.1 Å². The summed E-state index contributed by atoms with van der Waals surface area (Å²) in [5.74, 6) is -0.669. The molecule has 1 heterocycles. The fourth-order valence-corrected chi connectivity index (χ4v) is 2.78. The Morgan fingerprint density at radius 2 is 1.75 bits per heavy atom. The van der Waals surface area contributed by atoms with Crippen LogP contribution in [0.25, 0.3) is 0 Å². The maximum Gasteiger partial charge on any atom is 0.417 e. The molecular weight excluding hydrogens is 321 g/mol. The Labute approximate surface area is 139 Å². The number of anilines is 1. The van der Waals surface area contributed by atoms with Crippen LogP contribution in [0.1, 0.15) is 24.5 Å². The highest BCUT2D eigenvalue weighted by atomic mass is 19.4. The first-order valence-corrected chi connectivity index (χ1v) is 7.91. The summed E-state index contributed by atoms with van der Waals surface area (Å²) in [5, 5.41) is 9.47. The summed E-state index contributed by atoms with van der Waals surface area (Å²) in [6.45, 7) is 6.51. The SMILES string of the molecule is Cc1cccc(N2CCN(C(=O)C[C@@](C)(O)C(F)(F)F)CC2)c1C. The molecule has 0 aliphatic carbocycles. The largest absolute Gasteiger partial charge is 0.417 e. The number of nitrogens with zero attached hydrogens (tertiary/aromatic N) is 2. The van der Waals surface area contributed by atoms with Crippen LogP contribution in [0.4, 0.5) is 18.9 Å². The lowest BCUT2D eigenvalue weighted by Crippen LogP contribution is -2.52. The lowest BCUT2D eigenvalue weighted by Gasteiger charge is -2.38. The molecule has 1 aromatic rings. The Balaban J connectivity index is 1.98. The fourth-order valence-electron chi connectivity index (χ4n) is 2.78. The summed E-state index contributed by atoms with van der Waals surface area (Å²) < 4.78 is 38.1. The molecule has 0 unspecified atom stereocenters. The number of amides is 1. The number of hydrogen-bond donors (Lipinski definition) is 1. The Morgan fingerprint density at radius 3 is 2.29 bits per heavy atom. The van der Waals surface area contributed by atoms with Crippen molar-refractivity contribution in [1.29, 1.82) is 0 Å². The normalized spacial score (nSPS) is 18.5. The summed E-state index contributed by atoms with van der Waals surface area (Å²) in [6.07, 6.45) is -5.76. The van der Waals surface area contributed by atoms with Gasteiger partial charge >= 0.3 is 6.18 Å². The molecule has 0 aromatic heterocycles. The van der Waals surface area contributed by atoms with Gasteiger partial charge < -0.3 is 14.9 Å². The van der Waals surface area contributed by atoms with Crippen LogP contribution < -0.4 is 4.90 Å². The Hall–Kier alpha value is -1.76. The van der Waals surface area contributed by atoms with Crippen LogP contribution in [0.3, 0.4) is 0 Å². The molecule has 1 aliphatic heterocycles. The highest BCUT2D eigenvalue weighted by Gasteiger charge is 2.51. The molecule has 24 heavy (non-hydrogen) atoms. The molecule has 7 heteroatoms. The lowest BCUT2D eigenvalue weighted by atomic mass is 10.0. The predicted octanol–water partition coefficient (Wildman–Crippen LogP) is 2.66. The van der Waals surface area contributed by atoms with Gasteiger partial charge in [0.1, 0.15) is 0 Å². The predicted molar refractivity (Wildman–Crippen MR) is 86.0 cm³/mol. The van der Waals surface area contributed by atoms with E-state index in [1.165, 1.54) is 10.5 Å². The molecular formula is C17H23F3N2O2. The van der Waals surface area contributed by atoms with Crippen LogP contribution in [-0.2, 0) is 4.79 Å². The second-order valence-corrected chi connectivity index (χ2v) is 6.54. The van der Waals surface area contributed by atoms with Crippen molar-refractivity contribution < 1.29 is 23.1 Å². The first kappa shape index (κ1) is 18.6. The molecule has 1 atom stereocenters. The Bertz CT molecular complexity index is 606. The first-order valence-electron chi connectivity index (χ1n) is 7.91. The monoisotopic (exact) mass is 344 g/mol. The average molecular weight is 344 g/mol. The van der Waals surface area contributed by atoms with Gasteiger partial charge in [-0.2, -0.15) is 13.2 Å². The third-order valence-corrected chi connectivity index (χ3v) is 4.66. The quantitative estimate of drug-likeness (QED) is 0.917. The highest BCUT2D eigenvalue weighted by molar-refractivity contribution is 5.77. The number of piperazine rings is 1. The molecule has 0 bridgehead atoms.